The summed E-state index contributed by atoms with van der Waals surface area (Å²) in [5.74, 6) is -0.00111. The minimum absolute atomic E-state index is 0.00111. The molecule has 0 amide bonds. The molecule has 0 unspecified atom stereocenters. The molecule has 21 heavy (non-hydrogen) atoms. The molecule has 118 valence electrons. The number of halogens is 1. The highest BCUT2D eigenvalue weighted by atomic mass is 79.9. The third-order valence-corrected chi connectivity index (χ3v) is 3.18. The van der Waals surface area contributed by atoms with E-state index in [2.05, 4.69) is 21.2 Å². The summed E-state index contributed by atoms with van der Waals surface area (Å²) in [5.41, 5.74) is 0.672. The van der Waals surface area contributed by atoms with Crippen LogP contribution in [0, 0.1) is 0 Å². The Morgan fingerprint density at radius 2 is 2.19 bits per heavy atom. The topological polar surface area (TPSA) is 55.4 Å². The van der Waals surface area contributed by atoms with Crippen molar-refractivity contribution in [1.29, 1.82) is 0 Å². The van der Waals surface area contributed by atoms with Gasteiger partial charge in [-0.1, -0.05) is 41.9 Å². The van der Waals surface area contributed by atoms with Crippen LogP contribution in [-0.4, -0.2) is 38.4 Å². The Morgan fingerprint density at radius 1 is 1.48 bits per heavy atom. The average Bonchev–Trinajstić information content (AvgIpc) is 3.04. The molecule has 0 aliphatic carbocycles. The summed E-state index contributed by atoms with van der Waals surface area (Å²) in [6.07, 6.45) is 3.17. The fraction of sp³-hybridized carbons (Fsp3) is 0.500. The van der Waals surface area contributed by atoms with Gasteiger partial charge in [-0.05, 0) is 31.5 Å². The van der Waals surface area contributed by atoms with E-state index in [1.807, 2.05) is 26.0 Å². The van der Waals surface area contributed by atoms with Gasteiger partial charge >= 0.3 is 0 Å². The van der Waals surface area contributed by atoms with Gasteiger partial charge in [0.15, 0.2) is 5.78 Å². The second kappa shape index (κ2) is 12.7. The third kappa shape index (κ3) is 8.75. The number of methoxy groups -OCH3 is 1. The lowest BCUT2D eigenvalue weighted by atomic mass is 10.1. The number of ketones is 1. The molecule has 1 aliphatic heterocycles. The van der Waals surface area contributed by atoms with E-state index in [1.165, 1.54) is 7.11 Å². The van der Waals surface area contributed by atoms with Crippen LogP contribution in [0.1, 0.15) is 37.0 Å². The van der Waals surface area contributed by atoms with E-state index in [-0.39, 0.29) is 18.4 Å². The molecule has 0 aromatic heterocycles. The van der Waals surface area contributed by atoms with Crippen LogP contribution in [0.3, 0.4) is 0 Å². The van der Waals surface area contributed by atoms with Crippen LogP contribution in [-0.2, 0) is 9.53 Å². The maximum Gasteiger partial charge on any atom is 0.188 e. The fourth-order valence-electron chi connectivity index (χ4n) is 1.70. The molecule has 1 heterocycles. The number of benzene rings is 1. The van der Waals surface area contributed by atoms with Crippen LogP contribution in [0.5, 0.6) is 0 Å². The minimum atomic E-state index is -0.00111. The standard InChI is InChI=1S/C9H9BrO2.C5H9NO.C2H6/c1-12-6-9(11)7-3-2-4-8(10)5-7;7-4-5-2-1-3-6-5;1-2/h2-5H,6H2,1H3;4-6H,1-3H2;1-2H3/t;5-;/m.0./s1. The summed E-state index contributed by atoms with van der Waals surface area (Å²) in [5, 5.41) is 3.04. The zero-order chi connectivity index (χ0) is 16.1. The van der Waals surface area contributed by atoms with Crippen molar-refractivity contribution in [3.8, 4) is 0 Å². The van der Waals surface area contributed by atoms with Crippen molar-refractivity contribution in [2.45, 2.75) is 32.7 Å². The van der Waals surface area contributed by atoms with Crippen molar-refractivity contribution in [1.82, 2.24) is 5.32 Å². The van der Waals surface area contributed by atoms with E-state index in [4.69, 9.17) is 4.74 Å². The number of Topliss-reactive ketones (excluding diaryl/α,β-unsaturated/α-hetero) is 1. The maximum atomic E-state index is 11.3. The second-order valence-corrected chi connectivity index (χ2v) is 5.12. The summed E-state index contributed by atoms with van der Waals surface area (Å²) in [7, 11) is 1.51. The van der Waals surface area contributed by atoms with Gasteiger partial charge in [-0.15, -0.1) is 0 Å². The summed E-state index contributed by atoms with van der Waals surface area (Å²) < 4.78 is 5.64. The summed E-state index contributed by atoms with van der Waals surface area (Å²) in [6, 6.07) is 7.42. The largest absolute Gasteiger partial charge is 0.377 e. The molecule has 4 nitrogen and oxygen atoms in total. The van der Waals surface area contributed by atoms with Gasteiger partial charge in [0.1, 0.15) is 12.9 Å². The number of carbonyl (C=O) groups is 2. The fourth-order valence-corrected chi connectivity index (χ4v) is 2.10. The highest BCUT2D eigenvalue weighted by molar-refractivity contribution is 9.10. The maximum absolute atomic E-state index is 11.3. The lowest BCUT2D eigenvalue weighted by Crippen LogP contribution is -2.21. The molecule has 1 aliphatic rings. The van der Waals surface area contributed by atoms with Crippen molar-refractivity contribution in [3.63, 3.8) is 0 Å². The Hall–Kier alpha value is -1.04. The Bertz CT molecular complexity index is 418. The van der Waals surface area contributed by atoms with Crippen LogP contribution >= 0.6 is 15.9 Å². The van der Waals surface area contributed by atoms with Crippen LogP contribution in [0.4, 0.5) is 0 Å². The first-order valence-corrected chi connectivity index (χ1v) is 7.93. The van der Waals surface area contributed by atoms with Crippen molar-refractivity contribution < 1.29 is 14.3 Å². The van der Waals surface area contributed by atoms with Gasteiger partial charge in [-0.3, -0.25) is 4.79 Å². The number of hydrogen-bond donors (Lipinski definition) is 1. The van der Waals surface area contributed by atoms with Gasteiger partial charge in [-0.25, -0.2) is 0 Å². The lowest BCUT2D eigenvalue weighted by molar-refractivity contribution is -0.109. The van der Waals surface area contributed by atoms with Gasteiger partial charge in [0.2, 0.25) is 0 Å². The number of carbonyl (C=O) groups excluding carboxylic acids is 2. The number of aldehydes is 1. The SMILES string of the molecule is CC.COCC(=O)c1cccc(Br)c1.O=C[C@@H]1CCCN1. The van der Waals surface area contributed by atoms with Crippen molar-refractivity contribution in [2.75, 3.05) is 20.3 Å². The molecule has 1 atom stereocenters. The molecular formula is C16H24BrNO3. The molecule has 1 fully saturated rings. The van der Waals surface area contributed by atoms with Gasteiger partial charge in [0, 0.05) is 17.1 Å². The smallest absolute Gasteiger partial charge is 0.188 e. The first-order valence-electron chi connectivity index (χ1n) is 7.13. The first-order chi connectivity index (χ1) is 10.2. The molecule has 0 spiro atoms. The Balaban J connectivity index is 0.000000377. The van der Waals surface area contributed by atoms with E-state index in [9.17, 15) is 9.59 Å². The van der Waals surface area contributed by atoms with Crippen molar-refractivity contribution >= 4 is 28.0 Å². The number of rotatable bonds is 4. The predicted octanol–water partition coefficient (Wildman–Crippen LogP) is 3.24. The zero-order valence-electron chi connectivity index (χ0n) is 12.9. The van der Waals surface area contributed by atoms with Gasteiger partial charge in [0.05, 0.1) is 6.04 Å². The molecular weight excluding hydrogens is 334 g/mol. The normalized spacial score (nSPS) is 16.1. The van der Waals surface area contributed by atoms with Crippen molar-refractivity contribution in [3.05, 3.63) is 34.3 Å². The van der Waals surface area contributed by atoms with E-state index >= 15 is 0 Å². The first kappa shape index (κ1) is 20.0. The summed E-state index contributed by atoms with van der Waals surface area (Å²) in [4.78, 5) is 21.2. The highest BCUT2D eigenvalue weighted by Gasteiger charge is 2.10. The molecule has 0 saturated carbocycles. The second-order valence-electron chi connectivity index (χ2n) is 4.21. The van der Waals surface area contributed by atoms with Crippen LogP contribution in [0.25, 0.3) is 0 Å². The number of ether oxygens (including phenoxy) is 1. The van der Waals surface area contributed by atoms with E-state index in [0.717, 1.165) is 30.1 Å². The zero-order valence-corrected chi connectivity index (χ0v) is 14.5. The molecule has 1 aromatic rings. The number of nitrogens with one attached hydrogen (secondary N) is 1. The highest BCUT2D eigenvalue weighted by Crippen LogP contribution is 2.11. The Labute approximate surface area is 135 Å². The molecule has 0 radical (unpaired) electrons. The summed E-state index contributed by atoms with van der Waals surface area (Å²) in [6.45, 7) is 5.15. The third-order valence-electron chi connectivity index (χ3n) is 2.68. The van der Waals surface area contributed by atoms with E-state index < -0.39 is 0 Å². The number of hydrogen-bond acceptors (Lipinski definition) is 4. The minimum Gasteiger partial charge on any atom is -0.377 e. The average molecular weight is 358 g/mol. The summed E-state index contributed by atoms with van der Waals surface area (Å²) >= 11 is 3.29. The van der Waals surface area contributed by atoms with E-state index in [1.54, 1.807) is 12.1 Å². The predicted molar refractivity (Wildman–Crippen MR) is 88.8 cm³/mol. The Morgan fingerprint density at radius 3 is 2.62 bits per heavy atom. The van der Waals surface area contributed by atoms with Gasteiger partial charge in [-0.2, -0.15) is 0 Å². The molecule has 1 aromatic carbocycles. The Kier molecular flexibility index (Phi) is 12.1. The monoisotopic (exact) mass is 357 g/mol. The van der Waals surface area contributed by atoms with Crippen LogP contribution < -0.4 is 5.32 Å². The van der Waals surface area contributed by atoms with E-state index in [0.29, 0.717) is 5.56 Å². The molecule has 1 N–H and O–H groups in total. The van der Waals surface area contributed by atoms with Crippen LogP contribution in [0.15, 0.2) is 28.7 Å². The molecule has 5 heteroatoms. The van der Waals surface area contributed by atoms with Crippen molar-refractivity contribution in [2.24, 2.45) is 0 Å². The van der Waals surface area contributed by atoms with Crippen LogP contribution in [0.2, 0.25) is 0 Å². The lowest BCUT2D eigenvalue weighted by Gasteiger charge is -1.99. The quantitative estimate of drug-likeness (QED) is 0.663. The van der Waals surface area contributed by atoms with Gasteiger partial charge in [0.25, 0.3) is 0 Å². The molecule has 2 rings (SSSR count). The molecule has 1 saturated heterocycles. The molecule has 0 bridgehead atoms. The van der Waals surface area contributed by atoms with Gasteiger partial charge < -0.3 is 14.8 Å².